The molecule has 22 heavy (non-hydrogen) atoms. The highest BCUT2D eigenvalue weighted by Gasteiger charge is 2.24. The van der Waals surface area contributed by atoms with Crippen LogP contribution in [0, 0.1) is 0 Å². The summed E-state index contributed by atoms with van der Waals surface area (Å²) in [6.07, 6.45) is 0.179. The van der Waals surface area contributed by atoms with Crippen LogP contribution in [0.1, 0.15) is 5.69 Å². The molecule has 0 radical (unpaired) electrons. The molecule has 1 fully saturated rings. The molecule has 0 atom stereocenters. The quantitative estimate of drug-likeness (QED) is 0.855. The van der Waals surface area contributed by atoms with Gasteiger partial charge in [-0.1, -0.05) is 22.0 Å². The van der Waals surface area contributed by atoms with Gasteiger partial charge < -0.3 is 10.6 Å². The molecule has 114 valence electrons. The van der Waals surface area contributed by atoms with E-state index in [0.29, 0.717) is 23.9 Å². The van der Waals surface area contributed by atoms with Gasteiger partial charge >= 0.3 is 6.03 Å². The second kappa shape index (κ2) is 6.45. The Kier molecular flexibility index (Phi) is 4.39. The molecule has 0 bridgehead atoms. The number of nitrogens with one attached hydrogen (secondary N) is 2. The van der Waals surface area contributed by atoms with Crippen molar-refractivity contribution < 1.29 is 9.59 Å². The maximum absolute atomic E-state index is 12.0. The molecule has 0 unspecified atom stereocenters. The first-order valence-corrected chi connectivity index (χ1v) is 8.34. The average Bonchev–Trinajstić information content (AvgIpc) is 3.07. The number of benzene rings is 1. The van der Waals surface area contributed by atoms with Gasteiger partial charge in [0.2, 0.25) is 5.91 Å². The molecule has 6 nitrogen and oxygen atoms in total. The third-order valence-electron chi connectivity index (χ3n) is 3.08. The number of carbonyl (C=O) groups is 2. The normalized spacial score (nSPS) is 14.0. The van der Waals surface area contributed by atoms with Crippen LogP contribution in [0.5, 0.6) is 0 Å². The predicted octanol–water partition coefficient (Wildman–Crippen LogP) is 2.62. The van der Waals surface area contributed by atoms with Crippen LogP contribution in [-0.4, -0.2) is 30.0 Å². The molecular formula is C14H13BrN4O2S. The molecule has 3 rings (SSSR count). The fraction of sp³-hybridized carbons (Fsp3) is 0.214. The van der Waals surface area contributed by atoms with E-state index in [1.807, 2.05) is 24.3 Å². The Labute approximate surface area is 139 Å². The Balaban J connectivity index is 1.62. The van der Waals surface area contributed by atoms with Gasteiger partial charge in [-0.3, -0.25) is 9.69 Å². The Morgan fingerprint density at radius 2 is 2.36 bits per heavy atom. The molecule has 1 aliphatic rings. The summed E-state index contributed by atoms with van der Waals surface area (Å²) >= 11 is 4.73. The molecule has 1 aromatic heterocycles. The first kappa shape index (κ1) is 15.0. The smallest absolute Gasteiger partial charge is 0.323 e. The number of aromatic nitrogens is 1. The molecule has 0 aliphatic carbocycles. The summed E-state index contributed by atoms with van der Waals surface area (Å²) in [6.45, 7) is 1.23. The number of thiazole rings is 1. The molecule has 1 aromatic carbocycles. The summed E-state index contributed by atoms with van der Waals surface area (Å²) in [5, 5.41) is 7.98. The lowest BCUT2D eigenvalue weighted by molar-refractivity contribution is -0.115. The van der Waals surface area contributed by atoms with Gasteiger partial charge in [-0.05, 0) is 18.2 Å². The third kappa shape index (κ3) is 3.45. The SMILES string of the molecule is O=C(Cc1csc(N2CCNC2=O)n1)Nc1cccc(Br)c1. The highest BCUT2D eigenvalue weighted by molar-refractivity contribution is 9.10. The number of hydrogen-bond acceptors (Lipinski definition) is 4. The van der Waals surface area contributed by atoms with Crippen molar-refractivity contribution in [2.24, 2.45) is 0 Å². The fourth-order valence-electron chi connectivity index (χ4n) is 2.09. The van der Waals surface area contributed by atoms with Crippen LogP contribution >= 0.6 is 27.3 Å². The maximum atomic E-state index is 12.0. The van der Waals surface area contributed by atoms with Crippen LogP contribution in [0.4, 0.5) is 15.6 Å². The summed E-state index contributed by atoms with van der Waals surface area (Å²) in [5.41, 5.74) is 1.39. The summed E-state index contributed by atoms with van der Waals surface area (Å²) in [6, 6.07) is 7.26. The Morgan fingerprint density at radius 1 is 1.50 bits per heavy atom. The molecule has 3 amide bonds. The minimum Gasteiger partial charge on any atom is -0.336 e. The van der Waals surface area contributed by atoms with Crippen LogP contribution in [0.25, 0.3) is 0 Å². The van der Waals surface area contributed by atoms with Crippen molar-refractivity contribution in [3.05, 3.63) is 39.8 Å². The van der Waals surface area contributed by atoms with Crippen molar-refractivity contribution in [2.45, 2.75) is 6.42 Å². The maximum Gasteiger partial charge on any atom is 0.323 e. The van der Waals surface area contributed by atoms with Crippen LogP contribution in [0.2, 0.25) is 0 Å². The number of halogens is 1. The lowest BCUT2D eigenvalue weighted by Gasteiger charge is -2.08. The van der Waals surface area contributed by atoms with E-state index in [-0.39, 0.29) is 18.4 Å². The highest BCUT2D eigenvalue weighted by atomic mass is 79.9. The molecule has 8 heteroatoms. The highest BCUT2D eigenvalue weighted by Crippen LogP contribution is 2.22. The van der Waals surface area contributed by atoms with Gasteiger partial charge in [0.05, 0.1) is 12.1 Å². The summed E-state index contributed by atoms with van der Waals surface area (Å²) in [5.74, 6) is -0.138. The first-order chi connectivity index (χ1) is 10.6. The summed E-state index contributed by atoms with van der Waals surface area (Å²) < 4.78 is 0.904. The molecule has 1 aliphatic heterocycles. The molecule has 1 saturated heterocycles. The molecule has 0 spiro atoms. The van der Waals surface area contributed by atoms with Gasteiger partial charge in [0.15, 0.2) is 5.13 Å². The lowest BCUT2D eigenvalue weighted by atomic mass is 10.3. The van der Waals surface area contributed by atoms with Crippen molar-refractivity contribution in [2.75, 3.05) is 23.3 Å². The zero-order valence-electron chi connectivity index (χ0n) is 11.5. The van der Waals surface area contributed by atoms with Gasteiger partial charge in [-0.2, -0.15) is 0 Å². The number of carbonyl (C=O) groups excluding carboxylic acids is 2. The molecule has 0 saturated carbocycles. The molecular weight excluding hydrogens is 368 g/mol. The Hall–Kier alpha value is -1.93. The second-order valence-corrected chi connectivity index (χ2v) is 6.49. The van der Waals surface area contributed by atoms with E-state index >= 15 is 0 Å². The van der Waals surface area contributed by atoms with Gasteiger partial charge in [-0.15, -0.1) is 11.3 Å². The van der Waals surface area contributed by atoms with E-state index in [4.69, 9.17) is 0 Å². The van der Waals surface area contributed by atoms with Crippen LogP contribution in [0.15, 0.2) is 34.1 Å². The molecule has 2 aromatic rings. The minimum absolute atomic E-state index is 0.138. The van der Waals surface area contributed by atoms with Crippen LogP contribution < -0.4 is 15.5 Å². The van der Waals surface area contributed by atoms with E-state index in [1.54, 1.807) is 10.3 Å². The van der Waals surface area contributed by atoms with Gasteiger partial charge in [0, 0.05) is 28.6 Å². The number of amides is 3. The molecule has 2 N–H and O–H groups in total. The van der Waals surface area contributed by atoms with Crippen molar-refractivity contribution in [3.8, 4) is 0 Å². The first-order valence-electron chi connectivity index (χ1n) is 6.67. The third-order valence-corrected chi connectivity index (χ3v) is 4.48. The zero-order valence-corrected chi connectivity index (χ0v) is 13.9. The van der Waals surface area contributed by atoms with Gasteiger partial charge in [0.25, 0.3) is 0 Å². The van der Waals surface area contributed by atoms with Gasteiger partial charge in [0.1, 0.15) is 0 Å². The summed E-state index contributed by atoms with van der Waals surface area (Å²) in [4.78, 5) is 29.5. The molecule has 2 heterocycles. The topological polar surface area (TPSA) is 74.3 Å². The largest absolute Gasteiger partial charge is 0.336 e. The number of urea groups is 1. The Morgan fingerprint density at radius 3 is 3.09 bits per heavy atom. The Bertz CT molecular complexity index is 718. The van der Waals surface area contributed by atoms with Gasteiger partial charge in [-0.25, -0.2) is 9.78 Å². The van der Waals surface area contributed by atoms with E-state index in [2.05, 4.69) is 31.5 Å². The average molecular weight is 381 g/mol. The lowest BCUT2D eigenvalue weighted by Crippen LogP contribution is -2.27. The van der Waals surface area contributed by atoms with Crippen molar-refractivity contribution >= 4 is 50.0 Å². The van der Waals surface area contributed by atoms with E-state index in [0.717, 1.165) is 10.2 Å². The summed E-state index contributed by atoms with van der Waals surface area (Å²) in [7, 11) is 0. The van der Waals surface area contributed by atoms with E-state index in [9.17, 15) is 9.59 Å². The zero-order chi connectivity index (χ0) is 15.5. The second-order valence-electron chi connectivity index (χ2n) is 4.74. The predicted molar refractivity (Wildman–Crippen MR) is 89.3 cm³/mol. The number of rotatable bonds is 4. The van der Waals surface area contributed by atoms with E-state index in [1.165, 1.54) is 11.3 Å². The van der Waals surface area contributed by atoms with Crippen molar-refractivity contribution in [1.29, 1.82) is 0 Å². The minimum atomic E-state index is -0.139. The number of anilines is 2. The monoisotopic (exact) mass is 380 g/mol. The van der Waals surface area contributed by atoms with Crippen LogP contribution in [0.3, 0.4) is 0 Å². The number of hydrogen-bond donors (Lipinski definition) is 2. The van der Waals surface area contributed by atoms with Crippen molar-refractivity contribution in [3.63, 3.8) is 0 Å². The van der Waals surface area contributed by atoms with E-state index < -0.39 is 0 Å². The number of nitrogens with zero attached hydrogens (tertiary/aromatic N) is 2. The van der Waals surface area contributed by atoms with Crippen LogP contribution in [-0.2, 0) is 11.2 Å². The van der Waals surface area contributed by atoms with Crippen molar-refractivity contribution in [1.82, 2.24) is 10.3 Å². The fourth-order valence-corrected chi connectivity index (χ4v) is 3.34. The standard InChI is InChI=1S/C14H13BrN4O2S/c15-9-2-1-3-10(6-9)17-12(20)7-11-8-22-14(18-11)19-5-4-16-13(19)21/h1-3,6,8H,4-5,7H2,(H,16,21)(H,17,20).